The first-order chi connectivity index (χ1) is 8.05. The summed E-state index contributed by atoms with van der Waals surface area (Å²) in [5.41, 5.74) is 0. The molecule has 0 bridgehead atoms. The highest BCUT2D eigenvalue weighted by atomic mass is 32.4. The Labute approximate surface area is 110 Å². The fraction of sp³-hybridized carbons (Fsp3) is 1.00. The van der Waals surface area contributed by atoms with Crippen LogP contribution in [0.2, 0.25) is 12.6 Å². The van der Waals surface area contributed by atoms with Gasteiger partial charge in [0.25, 0.3) is 8.48 Å². The molecule has 1 rings (SSSR count). The summed E-state index contributed by atoms with van der Waals surface area (Å²) in [6, 6.07) is 1.20. The second-order valence-electron chi connectivity index (χ2n) is 4.13. The van der Waals surface area contributed by atoms with Crippen LogP contribution in [0.25, 0.3) is 0 Å². The van der Waals surface area contributed by atoms with Crippen molar-refractivity contribution in [3.8, 4) is 0 Å². The molecule has 1 heterocycles. The molecule has 0 N–H and O–H groups in total. The van der Waals surface area contributed by atoms with Crippen molar-refractivity contribution in [3.63, 3.8) is 0 Å². The van der Waals surface area contributed by atoms with Gasteiger partial charge in [0.05, 0.1) is 0 Å². The summed E-state index contributed by atoms with van der Waals surface area (Å²) >= 11 is 1.64. The molecule has 0 aromatic heterocycles. The quantitative estimate of drug-likeness (QED) is 0.663. The van der Waals surface area contributed by atoms with Gasteiger partial charge >= 0.3 is 7.95 Å². The van der Waals surface area contributed by atoms with Crippen LogP contribution in [-0.2, 0) is 17.7 Å². The summed E-state index contributed by atoms with van der Waals surface area (Å²) < 4.78 is 24.4. The van der Waals surface area contributed by atoms with Crippen molar-refractivity contribution in [2.24, 2.45) is 0 Å². The predicted molar refractivity (Wildman–Crippen MR) is 74.0 cm³/mol. The molecule has 1 fully saturated rings. The van der Waals surface area contributed by atoms with Gasteiger partial charge in [-0.2, -0.15) is 0 Å². The molecule has 1 saturated heterocycles. The van der Waals surface area contributed by atoms with Crippen molar-refractivity contribution in [1.82, 2.24) is 4.57 Å². The maximum absolute atomic E-state index is 5.72. The average molecular weight is 298 g/mol. The van der Waals surface area contributed by atoms with Crippen molar-refractivity contribution < 1.29 is 17.7 Å². The summed E-state index contributed by atoms with van der Waals surface area (Å²) in [6.45, 7) is 3.36. The van der Waals surface area contributed by atoms with Crippen molar-refractivity contribution in [2.45, 2.75) is 19.0 Å². The lowest BCUT2D eigenvalue weighted by atomic mass is 10.5. The van der Waals surface area contributed by atoms with Crippen LogP contribution >= 0.6 is 11.2 Å². The second kappa shape index (κ2) is 6.66. The van der Waals surface area contributed by atoms with E-state index >= 15 is 0 Å². The topological polar surface area (TPSA) is 40.2 Å². The van der Waals surface area contributed by atoms with Gasteiger partial charge in [-0.05, 0) is 25.6 Å². The van der Waals surface area contributed by atoms with E-state index < -0.39 is 16.4 Å². The molecule has 1 aliphatic heterocycles. The largest absolute Gasteiger partial charge is 0.573 e. The smallest absolute Gasteiger partial charge is 0.406 e. The predicted octanol–water partition coefficient (Wildman–Crippen LogP) is 1.48. The van der Waals surface area contributed by atoms with Crippen molar-refractivity contribution in [3.05, 3.63) is 0 Å². The Morgan fingerprint density at radius 2 is 1.76 bits per heavy atom. The van der Waals surface area contributed by atoms with Gasteiger partial charge in [-0.3, -0.25) is 4.57 Å². The molecule has 0 spiro atoms. The Morgan fingerprint density at radius 1 is 1.18 bits per heavy atom. The van der Waals surface area contributed by atoms with E-state index in [9.17, 15) is 0 Å². The van der Waals surface area contributed by atoms with Gasteiger partial charge in [-0.15, -0.1) is 0 Å². The summed E-state index contributed by atoms with van der Waals surface area (Å²) in [7, 11) is 2.57. The summed E-state index contributed by atoms with van der Waals surface area (Å²) in [6.07, 6.45) is 1.22. The molecule has 5 nitrogen and oxygen atoms in total. The number of hydrogen-bond acceptors (Lipinski definition) is 6. The van der Waals surface area contributed by atoms with Gasteiger partial charge in [-0.1, -0.05) is 11.2 Å². The summed E-state index contributed by atoms with van der Waals surface area (Å²) in [5, 5.41) is 0. The first-order valence-electron chi connectivity index (χ1n) is 5.65. The molecule has 0 saturated carbocycles. The van der Waals surface area contributed by atoms with Crippen LogP contribution in [0.5, 0.6) is 0 Å². The maximum Gasteiger partial charge on any atom is 0.573 e. The second-order valence-corrected chi connectivity index (χ2v) is 13.2. The van der Waals surface area contributed by atoms with E-state index in [4.69, 9.17) is 17.7 Å². The van der Waals surface area contributed by atoms with Crippen LogP contribution < -0.4 is 0 Å². The number of hydrogen-bond donors (Lipinski definition) is 0. The standard InChI is InChI=1S/C9H23NO4SSi2/c1-11-16(5)8-6-7-10(16)9-15-17(12-2,13-3)14-4/h6-9H2,1-5H3. The SMILES string of the molecule is CO[Si](OC)(OC)SCN1CCC[Si]1(C)OC. The fourth-order valence-corrected chi connectivity index (χ4v) is 9.20. The highest BCUT2D eigenvalue weighted by Crippen LogP contribution is 2.31. The van der Waals surface area contributed by atoms with Crippen molar-refractivity contribution in [1.29, 1.82) is 0 Å². The molecule has 102 valence electrons. The van der Waals surface area contributed by atoms with Gasteiger partial charge < -0.3 is 17.7 Å². The van der Waals surface area contributed by atoms with Crippen molar-refractivity contribution in [2.75, 3.05) is 40.9 Å². The van der Waals surface area contributed by atoms with E-state index in [1.165, 1.54) is 12.5 Å². The van der Waals surface area contributed by atoms with E-state index in [0.717, 1.165) is 12.4 Å². The van der Waals surface area contributed by atoms with E-state index in [-0.39, 0.29) is 0 Å². The highest BCUT2D eigenvalue weighted by Gasteiger charge is 2.45. The molecule has 0 aromatic rings. The normalized spacial score (nSPS) is 26.6. The fourth-order valence-electron chi connectivity index (χ4n) is 2.01. The van der Waals surface area contributed by atoms with E-state index in [0.29, 0.717) is 0 Å². The van der Waals surface area contributed by atoms with Gasteiger partial charge in [0, 0.05) is 34.3 Å². The van der Waals surface area contributed by atoms with Crippen LogP contribution in [0.15, 0.2) is 0 Å². The Hall–Kier alpha value is 0.584. The third kappa shape index (κ3) is 3.54. The molecule has 0 aliphatic carbocycles. The molecule has 1 unspecified atom stereocenters. The first-order valence-corrected chi connectivity index (χ1v) is 11.6. The summed E-state index contributed by atoms with van der Waals surface area (Å²) in [4.78, 5) is 0. The lowest BCUT2D eigenvalue weighted by Gasteiger charge is -2.33. The molecule has 8 heteroatoms. The lowest BCUT2D eigenvalue weighted by molar-refractivity contribution is 0.152. The van der Waals surface area contributed by atoms with E-state index in [2.05, 4.69) is 11.1 Å². The summed E-state index contributed by atoms with van der Waals surface area (Å²) in [5.74, 6) is 0.859. The van der Waals surface area contributed by atoms with Crippen LogP contribution in [0, 0.1) is 0 Å². The van der Waals surface area contributed by atoms with Crippen LogP contribution in [0.4, 0.5) is 0 Å². The Bertz CT molecular complexity index is 237. The third-order valence-electron chi connectivity index (χ3n) is 3.32. The number of rotatable bonds is 7. The number of nitrogens with zero attached hydrogens (tertiary/aromatic N) is 1. The van der Waals surface area contributed by atoms with Gasteiger partial charge in [-0.25, -0.2) is 0 Å². The minimum atomic E-state index is -2.52. The Balaban J connectivity index is 2.54. The van der Waals surface area contributed by atoms with Crippen LogP contribution in [-0.4, -0.2) is 61.9 Å². The average Bonchev–Trinajstić information content (AvgIpc) is 2.74. The van der Waals surface area contributed by atoms with Gasteiger partial charge in [0.15, 0.2) is 0 Å². The molecular weight excluding hydrogens is 274 g/mol. The highest BCUT2D eigenvalue weighted by molar-refractivity contribution is 8.26. The third-order valence-corrected chi connectivity index (χ3v) is 12.7. The van der Waals surface area contributed by atoms with Gasteiger partial charge in [0.1, 0.15) is 0 Å². The lowest BCUT2D eigenvalue weighted by Crippen LogP contribution is -2.50. The zero-order valence-electron chi connectivity index (χ0n) is 11.3. The molecule has 1 aliphatic rings. The maximum atomic E-state index is 5.72. The molecular formula is C9H23NO4SSi2. The Kier molecular flexibility index (Phi) is 6.13. The molecule has 0 radical (unpaired) electrons. The van der Waals surface area contributed by atoms with E-state index in [1.807, 2.05) is 7.11 Å². The Morgan fingerprint density at radius 3 is 2.24 bits per heavy atom. The van der Waals surface area contributed by atoms with Crippen molar-refractivity contribution >= 4 is 27.6 Å². The monoisotopic (exact) mass is 297 g/mol. The van der Waals surface area contributed by atoms with Crippen LogP contribution in [0.3, 0.4) is 0 Å². The van der Waals surface area contributed by atoms with Gasteiger partial charge in [0.2, 0.25) is 0 Å². The molecule has 0 aromatic carbocycles. The minimum Gasteiger partial charge on any atom is -0.406 e. The molecule has 0 amide bonds. The molecule has 17 heavy (non-hydrogen) atoms. The van der Waals surface area contributed by atoms with E-state index in [1.54, 1.807) is 32.5 Å². The minimum absolute atomic E-state index is 0.859. The zero-order chi connectivity index (χ0) is 12.9. The molecule has 1 atom stereocenters. The first kappa shape index (κ1) is 15.6. The zero-order valence-corrected chi connectivity index (χ0v) is 14.1. The van der Waals surface area contributed by atoms with Crippen LogP contribution in [0.1, 0.15) is 6.42 Å².